The van der Waals surface area contributed by atoms with Crippen molar-refractivity contribution in [3.8, 4) is 11.5 Å². The number of aromatic nitrogens is 1. The Kier molecular flexibility index (Phi) is 9.44. The highest BCUT2D eigenvalue weighted by Crippen LogP contribution is 2.27. The summed E-state index contributed by atoms with van der Waals surface area (Å²) < 4.78 is 10.6. The number of aliphatic imine (C=N–C) groups is 1. The number of hydrogen-bond acceptors (Lipinski definition) is 6. The van der Waals surface area contributed by atoms with Gasteiger partial charge < -0.3 is 30.3 Å². The maximum Gasteiger partial charge on any atom is 0.189 e. The van der Waals surface area contributed by atoms with E-state index in [-0.39, 0.29) is 24.0 Å². The normalized spacial score (nSPS) is 14.8. The number of nitrogens with two attached hydrogens (primary N) is 1. The van der Waals surface area contributed by atoms with E-state index in [0.29, 0.717) is 30.5 Å². The van der Waals surface area contributed by atoms with Crippen molar-refractivity contribution >= 4 is 35.8 Å². The van der Waals surface area contributed by atoms with Crippen molar-refractivity contribution in [3.05, 3.63) is 47.7 Å². The number of halogens is 1. The van der Waals surface area contributed by atoms with Crippen molar-refractivity contribution in [2.75, 3.05) is 52.3 Å². The molecular formula is C21H31IN6O2. The summed E-state index contributed by atoms with van der Waals surface area (Å²) in [6.07, 6.45) is 1.84. The number of methoxy groups -OCH3 is 2. The van der Waals surface area contributed by atoms with Gasteiger partial charge in [0.05, 0.1) is 20.8 Å². The van der Waals surface area contributed by atoms with Gasteiger partial charge in [0.15, 0.2) is 17.5 Å². The standard InChI is InChI=1S/C21H30N6O2.HI/c1-26-9-11-27(12-10-26)20-17(5-4-8-23-20)15-25-21(22)24-14-16-6-7-18(28-2)19(13-16)29-3;/h4-8,13H,9-12,14-15H2,1-3H3,(H3,22,24,25);1H. The molecule has 0 saturated carbocycles. The van der Waals surface area contributed by atoms with E-state index in [1.165, 1.54) is 0 Å². The molecule has 0 atom stereocenters. The van der Waals surface area contributed by atoms with E-state index in [2.05, 4.69) is 38.2 Å². The lowest BCUT2D eigenvalue weighted by molar-refractivity contribution is 0.312. The number of piperazine rings is 1. The Hall–Kier alpha value is -2.27. The first-order valence-corrected chi connectivity index (χ1v) is 9.72. The number of ether oxygens (including phenoxy) is 2. The Morgan fingerprint density at radius 2 is 1.87 bits per heavy atom. The van der Waals surface area contributed by atoms with Crippen LogP contribution in [0.1, 0.15) is 11.1 Å². The smallest absolute Gasteiger partial charge is 0.189 e. The predicted molar refractivity (Wildman–Crippen MR) is 131 cm³/mol. The average molecular weight is 526 g/mol. The van der Waals surface area contributed by atoms with Crippen LogP contribution in [0.4, 0.5) is 5.82 Å². The third-order valence-electron chi connectivity index (χ3n) is 5.01. The lowest BCUT2D eigenvalue weighted by Crippen LogP contribution is -2.45. The Morgan fingerprint density at radius 1 is 1.13 bits per heavy atom. The van der Waals surface area contributed by atoms with Crippen molar-refractivity contribution in [2.24, 2.45) is 10.7 Å². The summed E-state index contributed by atoms with van der Waals surface area (Å²) in [5.74, 6) is 2.78. The number of guanidine groups is 1. The molecule has 0 aliphatic carbocycles. The fourth-order valence-electron chi connectivity index (χ4n) is 3.27. The van der Waals surface area contributed by atoms with Crippen LogP contribution in [-0.4, -0.2) is 63.3 Å². The largest absolute Gasteiger partial charge is 0.493 e. The zero-order valence-electron chi connectivity index (χ0n) is 17.8. The molecule has 1 saturated heterocycles. The van der Waals surface area contributed by atoms with Crippen LogP contribution in [0.25, 0.3) is 0 Å². The van der Waals surface area contributed by atoms with Crippen LogP contribution in [0.2, 0.25) is 0 Å². The van der Waals surface area contributed by atoms with Gasteiger partial charge in [-0.15, -0.1) is 24.0 Å². The Bertz CT molecular complexity index is 840. The van der Waals surface area contributed by atoms with E-state index < -0.39 is 0 Å². The van der Waals surface area contributed by atoms with Crippen LogP contribution in [0.5, 0.6) is 11.5 Å². The first-order valence-electron chi connectivity index (χ1n) is 9.72. The second kappa shape index (κ2) is 11.8. The van der Waals surface area contributed by atoms with Crippen molar-refractivity contribution < 1.29 is 9.47 Å². The van der Waals surface area contributed by atoms with Gasteiger partial charge in [-0.25, -0.2) is 9.98 Å². The first-order chi connectivity index (χ1) is 14.1. The monoisotopic (exact) mass is 526 g/mol. The summed E-state index contributed by atoms with van der Waals surface area (Å²) in [6.45, 7) is 5.07. The van der Waals surface area contributed by atoms with E-state index >= 15 is 0 Å². The topological polar surface area (TPSA) is 88.2 Å². The van der Waals surface area contributed by atoms with Crippen LogP contribution in [-0.2, 0) is 13.1 Å². The van der Waals surface area contributed by atoms with E-state index in [0.717, 1.165) is 43.1 Å². The third-order valence-corrected chi connectivity index (χ3v) is 5.01. The summed E-state index contributed by atoms with van der Waals surface area (Å²) in [4.78, 5) is 13.7. The number of nitrogens with one attached hydrogen (secondary N) is 1. The molecule has 1 fully saturated rings. The molecule has 0 spiro atoms. The molecule has 1 aliphatic heterocycles. The highest BCUT2D eigenvalue weighted by Gasteiger charge is 2.17. The molecule has 30 heavy (non-hydrogen) atoms. The Labute approximate surface area is 195 Å². The molecule has 1 aromatic carbocycles. The summed E-state index contributed by atoms with van der Waals surface area (Å²) in [7, 11) is 5.38. The summed E-state index contributed by atoms with van der Waals surface area (Å²) >= 11 is 0. The van der Waals surface area contributed by atoms with E-state index in [1.807, 2.05) is 30.5 Å². The molecule has 2 aromatic rings. The van der Waals surface area contributed by atoms with Gasteiger partial charge >= 0.3 is 0 Å². The SMILES string of the molecule is COc1ccc(CN=C(N)NCc2cccnc2N2CCN(C)CC2)cc1OC.I. The fraction of sp³-hybridized carbons (Fsp3) is 0.429. The first kappa shape index (κ1) is 24.0. The Balaban J connectivity index is 0.00000320. The third kappa shape index (κ3) is 6.36. The highest BCUT2D eigenvalue weighted by atomic mass is 127. The Morgan fingerprint density at radius 3 is 2.57 bits per heavy atom. The highest BCUT2D eigenvalue weighted by molar-refractivity contribution is 14.0. The zero-order valence-corrected chi connectivity index (χ0v) is 20.1. The van der Waals surface area contributed by atoms with Crippen LogP contribution < -0.4 is 25.4 Å². The molecule has 164 valence electrons. The minimum Gasteiger partial charge on any atom is -0.493 e. The molecule has 9 heteroatoms. The van der Waals surface area contributed by atoms with Gasteiger partial charge in [-0.2, -0.15) is 0 Å². The van der Waals surface area contributed by atoms with Crippen LogP contribution >= 0.6 is 24.0 Å². The second-order valence-corrected chi connectivity index (χ2v) is 7.02. The molecule has 1 aromatic heterocycles. The number of anilines is 1. The minimum absolute atomic E-state index is 0. The summed E-state index contributed by atoms with van der Waals surface area (Å²) in [6, 6.07) is 9.75. The molecule has 3 rings (SSSR count). The van der Waals surface area contributed by atoms with Gasteiger partial charge in [-0.3, -0.25) is 0 Å². The second-order valence-electron chi connectivity index (χ2n) is 7.02. The summed E-state index contributed by atoms with van der Waals surface area (Å²) in [5, 5.41) is 3.20. The van der Waals surface area contributed by atoms with Crippen molar-refractivity contribution in [1.82, 2.24) is 15.2 Å². The molecule has 3 N–H and O–H groups in total. The van der Waals surface area contributed by atoms with Gasteiger partial charge in [-0.1, -0.05) is 12.1 Å². The quantitative estimate of drug-likeness (QED) is 0.325. The van der Waals surface area contributed by atoms with E-state index in [4.69, 9.17) is 15.2 Å². The minimum atomic E-state index is 0. The fourth-order valence-corrected chi connectivity index (χ4v) is 3.27. The lowest BCUT2D eigenvalue weighted by atomic mass is 10.2. The molecule has 0 radical (unpaired) electrons. The van der Waals surface area contributed by atoms with Crippen molar-refractivity contribution in [3.63, 3.8) is 0 Å². The van der Waals surface area contributed by atoms with Crippen molar-refractivity contribution in [1.29, 1.82) is 0 Å². The maximum atomic E-state index is 6.09. The summed E-state index contributed by atoms with van der Waals surface area (Å²) in [5.41, 5.74) is 8.19. The number of pyridine rings is 1. The van der Waals surface area contributed by atoms with Crippen LogP contribution in [0.15, 0.2) is 41.5 Å². The predicted octanol–water partition coefficient (Wildman–Crippen LogP) is 2.07. The average Bonchev–Trinajstić information content (AvgIpc) is 2.76. The molecule has 0 unspecified atom stereocenters. The van der Waals surface area contributed by atoms with Crippen molar-refractivity contribution in [2.45, 2.75) is 13.1 Å². The molecule has 8 nitrogen and oxygen atoms in total. The number of likely N-dealkylation sites (N-methyl/N-ethyl adjacent to an activating group) is 1. The number of benzene rings is 1. The number of rotatable bonds is 7. The molecular weight excluding hydrogens is 495 g/mol. The van der Waals surface area contributed by atoms with Gasteiger partial charge in [-0.05, 0) is 30.8 Å². The van der Waals surface area contributed by atoms with Gasteiger partial charge in [0.25, 0.3) is 0 Å². The number of nitrogens with zero attached hydrogens (tertiary/aromatic N) is 4. The molecule has 1 aliphatic rings. The van der Waals surface area contributed by atoms with Crippen LogP contribution in [0.3, 0.4) is 0 Å². The van der Waals surface area contributed by atoms with E-state index in [1.54, 1.807) is 14.2 Å². The van der Waals surface area contributed by atoms with Gasteiger partial charge in [0.1, 0.15) is 5.82 Å². The number of hydrogen-bond donors (Lipinski definition) is 2. The van der Waals surface area contributed by atoms with Gasteiger partial charge in [0.2, 0.25) is 0 Å². The van der Waals surface area contributed by atoms with Gasteiger partial charge in [0, 0.05) is 44.5 Å². The maximum absolute atomic E-state index is 6.09. The van der Waals surface area contributed by atoms with Crippen LogP contribution in [0, 0.1) is 0 Å². The lowest BCUT2D eigenvalue weighted by Gasteiger charge is -2.34. The molecule has 0 amide bonds. The van der Waals surface area contributed by atoms with E-state index in [9.17, 15) is 0 Å². The molecule has 2 heterocycles. The zero-order chi connectivity index (χ0) is 20.6. The molecule has 0 bridgehead atoms.